The molecule has 0 aliphatic rings. The maximum Gasteiger partial charge on any atom is 0.259 e. The highest BCUT2D eigenvalue weighted by molar-refractivity contribution is 5.83. The topological polar surface area (TPSA) is 62.2 Å². The lowest BCUT2D eigenvalue weighted by Crippen LogP contribution is -2.16. The lowest BCUT2D eigenvalue weighted by Gasteiger charge is -2.06. The van der Waals surface area contributed by atoms with Crippen molar-refractivity contribution in [3.05, 3.63) is 76.8 Å². The molecule has 4 rings (SSSR count). The van der Waals surface area contributed by atoms with E-state index in [1.165, 1.54) is 21.4 Å². The maximum atomic E-state index is 12.0. The minimum absolute atomic E-state index is 0.0785. The van der Waals surface area contributed by atoms with Crippen molar-refractivity contribution in [1.29, 1.82) is 0 Å². The van der Waals surface area contributed by atoms with Crippen molar-refractivity contribution < 1.29 is 0 Å². The van der Waals surface area contributed by atoms with Crippen LogP contribution in [0.15, 0.2) is 65.7 Å². The third-order valence-electron chi connectivity index (χ3n) is 3.95. The zero-order valence-electron chi connectivity index (χ0n) is 12.5. The van der Waals surface area contributed by atoms with E-state index < -0.39 is 0 Å². The number of pyridine rings is 1. The number of hydrogen-bond acceptors (Lipinski definition) is 3. The Morgan fingerprint density at radius 3 is 2.96 bits per heavy atom. The van der Waals surface area contributed by atoms with Crippen LogP contribution in [0.2, 0.25) is 0 Å². The summed E-state index contributed by atoms with van der Waals surface area (Å²) in [6.45, 7) is 0.720. The highest BCUT2D eigenvalue weighted by atomic mass is 16.1. The average Bonchev–Trinajstić information content (AvgIpc) is 2.98. The summed E-state index contributed by atoms with van der Waals surface area (Å²) in [7, 11) is 0. The zero-order chi connectivity index (χ0) is 15.6. The van der Waals surface area contributed by atoms with E-state index in [9.17, 15) is 4.79 Å². The smallest absolute Gasteiger partial charge is 0.259 e. The number of fused-ring (bicyclic) bond motifs is 2. The van der Waals surface area contributed by atoms with Crippen molar-refractivity contribution in [3.63, 3.8) is 0 Å². The molecule has 114 valence electrons. The van der Waals surface area contributed by atoms with Crippen LogP contribution >= 0.6 is 0 Å². The molecule has 0 spiro atoms. The second-order valence-electron chi connectivity index (χ2n) is 5.44. The van der Waals surface area contributed by atoms with Gasteiger partial charge in [0.1, 0.15) is 11.5 Å². The highest BCUT2D eigenvalue weighted by Crippen LogP contribution is 2.18. The number of para-hydroxylation sites is 1. The van der Waals surface area contributed by atoms with Gasteiger partial charge in [-0.15, -0.1) is 0 Å². The summed E-state index contributed by atoms with van der Waals surface area (Å²) in [5.41, 5.74) is 2.97. The Labute approximate surface area is 132 Å². The van der Waals surface area contributed by atoms with Crippen LogP contribution in [0, 0.1) is 0 Å². The molecule has 0 atom stereocenters. The first-order chi connectivity index (χ1) is 11.3. The van der Waals surface area contributed by atoms with Gasteiger partial charge in [0.05, 0.1) is 0 Å². The number of aromatic nitrogens is 3. The molecule has 0 amide bonds. The lowest BCUT2D eigenvalue weighted by molar-refractivity contribution is 0.992. The molecule has 4 aromatic rings. The number of H-pyrrole nitrogens is 1. The SMILES string of the molecule is O=c1cc(NCCc2c[nH]c3ccccc23)nc2ccccn12. The van der Waals surface area contributed by atoms with Crippen LogP contribution in [0.3, 0.4) is 0 Å². The van der Waals surface area contributed by atoms with E-state index in [1.54, 1.807) is 6.20 Å². The Kier molecular flexibility index (Phi) is 3.31. The molecule has 0 aliphatic heterocycles. The first-order valence-electron chi connectivity index (χ1n) is 7.58. The van der Waals surface area contributed by atoms with Crippen LogP contribution in [-0.4, -0.2) is 20.9 Å². The van der Waals surface area contributed by atoms with Gasteiger partial charge in [0, 0.05) is 35.9 Å². The Morgan fingerprint density at radius 2 is 2.00 bits per heavy atom. The van der Waals surface area contributed by atoms with Crippen molar-refractivity contribution in [2.45, 2.75) is 6.42 Å². The molecule has 0 bridgehead atoms. The number of anilines is 1. The quantitative estimate of drug-likeness (QED) is 0.609. The van der Waals surface area contributed by atoms with Crippen LogP contribution in [0.5, 0.6) is 0 Å². The summed E-state index contributed by atoms with van der Waals surface area (Å²) in [5, 5.41) is 4.48. The van der Waals surface area contributed by atoms with Crippen LogP contribution in [0.4, 0.5) is 5.82 Å². The van der Waals surface area contributed by atoms with Crippen LogP contribution in [0.25, 0.3) is 16.6 Å². The van der Waals surface area contributed by atoms with E-state index in [0.29, 0.717) is 11.5 Å². The van der Waals surface area contributed by atoms with E-state index in [2.05, 4.69) is 27.4 Å². The number of nitrogens with zero attached hydrogens (tertiary/aromatic N) is 2. The summed E-state index contributed by atoms with van der Waals surface area (Å²) in [6.07, 6.45) is 4.62. The van der Waals surface area contributed by atoms with Crippen molar-refractivity contribution >= 4 is 22.4 Å². The van der Waals surface area contributed by atoms with E-state index in [4.69, 9.17) is 0 Å². The van der Waals surface area contributed by atoms with Gasteiger partial charge in [-0.2, -0.15) is 0 Å². The molecule has 5 heteroatoms. The first-order valence-corrected chi connectivity index (χ1v) is 7.58. The average molecular weight is 304 g/mol. The molecule has 0 saturated carbocycles. The van der Waals surface area contributed by atoms with Gasteiger partial charge in [-0.05, 0) is 30.2 Å². The third kappa shape index (κ3) is 2.57. The third-order valence-corrected chi connectivity index (χ3v) is 3.95. The Morgan fingerprint density at radius 1 is 1.13 bits per heavy atom. The van der Waals surface area contributed by atoms with Crippen molar-refractivity contribution in [3.8, 4) is 0 Å². The molecule has 0 saturated heterocycles. The molecule has 0 unspecified atom stereocenters. The summed E-state index contributed by atoms with van der Waals surface area (Å²) >= 11 is 0. The largest absolute Gasteiger partial charge is 0.370 e. The number of hydrogen-bond donors (Lipinski definition) is 2. The van der Waals surface area contributed by atoms with Gasteiger partial charge in [0.15, 0.2) is 0 Å². The van der Waals surface area contributed by atoms with Crippen LogP contribution < -0.4 is 10.9 Å². The summed E-state index contributed by atoms with van der Waals surface area (Å²) in [6, 6.07) is 15.3. The zero-order valence-corrected chi connectivity index (χ0v) is 12.5. The Balaban J connectivity index is 1.52. The molecule has 0 radical (unpaired) electrons. The molecule has 3 aromatic heterocycles. The van der Waals surface area contributed by atoms with E-state index in [1.807, 2.05) is 36.5 Å². The van der Waals surface area contributed by atoms with Crippen LogP contribution in [0.1, 0.15) is 5.56 Å². The molecule has 1 aromatic carbocycles. The van der Waals surface area contributed by atoms with E-state index in [0.717, 1.165) is 18.5 Å². The van der Waals surface area contributed by atoms with Gasteiger partial charge in [-0.1, -0.05) is 24.3 Å². The fourth-order valence-corrected chi connectivity index (χ4v) is 2.81. The van der Waals surface area contributed by atoms with Crippen molar-refractivity contribution in [1.82, 2.24) is 14.4 Å². The number of benzene rings is 1. The van der Waals surface area contributed by atoms with Gasteiger partial charge in [0.25, 0.3) is 5.56 Å². The van der Waals surface area contributed by atoms with Gasteiger partial charge >= 0.3 is 0 Å². The predicted molar refractivity (Wildman–Crippen MR) is 92.0 cm³/mol. The van der Waals surface area contributed by atoms with Crippen molar-refractivity contribution in [2.75, 3.05) is 11.9 Å². The summed E-state index contributed by atoms with van der Waals surface area (Å²) < 4.78 is 1.53. The molecule has 0 fully saturated rings. The fourth-order valence-electron chi connectivity index (χ4n) is 2.81. The monoisotopic (exact) mass is 304 g/mol. The first kappa shape index (κ1) is 13.6. The predicted octanol–water partition coefficient (Wildman–Crippen LogP) is 2.83. The normalized spacial score (nSPS) is 11.1. The molecular weight excluding hydrogens is 288 g/mol. The van der Waals surface area contributed by atoms with E-state index in [-0.39, 0.29) is 5.56 Å². The second-order valence-corrected chi connectivity index (χ2v) is 5.44. The minimum Gasteiger partial charge on any atom is -0.370 e. The minimum atomic E-state index is -0.0785. The number of nitrogens with one attached hydrogen (secondary N) is 2. The number of aromatic amines is 1. The molecule has 2 N–H and O–H groups in total. The molecule has 23 heavy (non-hydrogen) atoms. The Hall–Kier alpha value is -3.08. The van der Waals surface area contributed by atoms with Gasteiger partial charge in [-0.3, -0.25) is 9.20 Å². The van der Waals surface area contributed by atoms with Gasteiger partial charge in [-0.25, -0.2) is 4.98 Å². The maximum absolute atomic E-state index is 12.0. The second kappa shape index (κ2) is 5.61. The molecule has 3 heterocycles. The Bertz CT molecular complexity index is 1030. The molecule has 5 nitrogen and oxygen atoms in total. The highest BCUT2D eigenvalue weighted by Gasteiger charge is 2.04. The fraction of sp³-hybridized carbons (Fsp3) is 0.111. The van der Waals surface area contributed by atoms with E-state index >= 15 is 0 Å². The standard InChI is InChI=1S/C18H16N4O/c23-18-11-16(21-17-7-3-4-10-22(17)18)19-9-8-13-12-20-15-6-2-1-5-14(13)15/h1-7,10-12,19-20H,8-9H2. The summed E-state index contributed by atoms with van der Waals surface area (Å²) in [5.74, 6) is 0.612. The van der Waals surface area contributed by atoms with Gasteiger partial charge in [0.2, 0.25) is 0 Å². The van der Waals surface area contributed by atoms with Gasteiger partial charge < -0.3 is 10.3 Å². The van der Waals surface area contributed by atoms with Crippen LogP contribution in [-0.2, 0) is 6.42 Å². The summed E-state index contributed by atoms with van der Waals surface area (Å²) in [4.78, 5) is 19.8. The molecule has 0 aliphatic carbocycles. The van der Waals surface area contributed by atoms with Crippen molar-refractivity contribution in [2.24, 2.45) is 0 Å². The lowest BCUT2D eigenvalue weighted by atomic mass is 10.1. The number of rotatable bonds is 4. The molecular formula is C18H16N4O.